The fourth-order valence-corrected chi connectivity index (χ4v) is 4.47. The zero-order valence-electron chi connectivity index (χ0n) is 17.4. The van der Waals surface area contributed by atoms with E-state index >= 15 is 0 Å². The Kier molecular flexibility index (Phi) is 14.2. The number of thioether (sulfide) groups is 1. The summed E-state index contributed by atoms with van der Waals surface area (Å²) in [6, 6.07) is 0. The topological polar surface area (TPSA) is 241 Å². The molecule has 3 rings (SSSR count). The van der Waals surface area contributed by atoms with Crippen molar-refractivity contribution >= 4 is 44.4 Å². The van der Waals surface area contributed by atoms with Gasteiger partial charge in [0.1, 0.15) is 23.8 Å². The third-order valence-electron chi connectivity index (χ3n) is 3.82. The second kappa shape index (κ2) is 13.4. The summed E-state index contributed by atoms with van der Waals surface area (Å²) in [6.07, 6.45) is -2.93. The SMILES string of the molecule is CSc1nc(N)c2ncn([C@@H]3O[C@H](COP(=O)([O-])OP(=O)([O-])[O-])[C@H](O)[C@H]3O)c2n1.[Na+].[Na+].[Na+]. The van der Waals surface area contributed by atoms with Crippen LogP contribution in [0, 0.1) is 0 Å². The minimum absolute atomic E-state index is 0. The summed E-state index contributed by atoms with van der Waals surface area (Å²) in [6.45, 7) is -0.935. The monoisotopic (exact) mass is 539 g/mol. The maximum Gasteiger partial charge on any atom is 1.00 e. The molecule has 15 nitrogen and oxygen atoms in total. The van der Waals surface area contributed by atoms with Gasteiger partial charge in [-0.05, 0) is 6.26 Å². The summed E-state index contributed by atoms with van der Waals surface area (Å²) >= 11 is 1.20. The van der Waals surface area contributed by atoms with E-state index in [2.05, 4.69) is 23.8 Å². The fraction of sp³-hybridized carbons (Fsp3) is 0.545. The molecule has 0 radical (unpaired) electrons. The van der Waals surface area contributed by atoms with Crippen LogP contribution in [0.1, 0.15) is 6.23 Å². The molecular weight excluding hydrogens is 525 g/mol. The smallest absolute Gasteiger partial charge is 0.790 e. The number of nitrogens with zero attached hydrogens (tertiary/aromatic N) is 4. The molecule has 2 aromatic rings. The Morgan fingerprint density at radius 3 is 2.41 bits per heavy atom. The number of rotatable bonds is 7. The summed E-state index contributed by atoms with van der Waals surface area (Å²) in [5.74, 6) is 0.0788. The van der Waals surface area contributed by atoms with E-state index < -0.39 is 46.8 Å². The fourth-order valence-electron chi connectivity index (χ4n) is 2.60. The van der Waals surface area contributed by atoms with Crippen molar-refractivity contribution in [2.24, 2.45) is 0 Å². The van der Waals surface area contributed by atoms with Crippen LogP contribution < -0.4 is 109 Å². The Balaban J connectivity index is 0.00000320. The van der Waals surface area contributed by atoms with Gasteiger partial charge in [-0.1, -0.05) is 11.8 Å². The molecule has 1 saturated heterocycles. The number of fused-ring (bicyclic) bond motifs is 1. The van der Waals surface area contributed by atoms with Gasteiger partial charge in [-0.15, -0.1) is 0 Å². The van der Waals surface area contributed by atoms with Gasteiger partial charge >= 0.3 is 88.7 Å². The van der Waals surface area contributed by atoms with Crippen molar-refractivity contribution in [3.8, 4) is 0 Å². The van der Waals surface area contributed by atoms with Crippen LogP contribution in [-0.4, -0.2) is 60.9 Å². The van der Waals surface area contributed by atoms with Crippen LogP contribution in [0.2, 0.25) is 0 Å². The zero-order valence-corrected chi connectivity index (χ0v) is 26.0. The Morgan fingerprint density at radius 1 is 1.22 bits per heavy atom. The molecule has 3 heterocycles. The Hall–Kier alpha value is 1.84. The maximum atomic E-state index is 11.3. The summed E-state index contributed by atoms with van der Waals surface area (Å²) < 4.78 is 36.0. The number of nitrogen functional groups attached to an aromatic ring is 1. The number of aliphatic hydroxyl groups excluding tert-OH is 2. The van der Waals surface area contributed by atoms with Gasteiger partial charge in [-0.25, -0.2) is 15.0 Å². The van der Waals surface area contributed by atoms with Crippen LogP contribution in [0.3, 0.4) is 0 Å². The largest absolute Gasteiger partial charge is 1.00 e. The van der Waals surface area contributed by atoms with Gasteiger partial charge in [0.2, 0.25) is 0 Å². The van der Waals surface area contributed by atoms with Crippen LogP contribution in [0.4, 0.5) is 5.82 Å². The molecule has 1 fully saturated rings. The maximum absolute atomic E-state index is 11.3. The minimum Gasteiger partial charge on any atom is -0.790 e. The first-order valence-corrected chi connectivity index (χ1v) is 11.8. The van der Waals surface area contributed by atoms with Crippen molar-refractivity contribution < 1.29 is 136 Å². The van der Waals surface area contributed by atoms with Gasteiger partial charge in [0.05, 0.1) is 20.8 Å². The van der Waals surface area contributed by atoms with E-state index in [4.69, 9.17) is 10.5 Å². The van der Waals surface area contributed by atoms with Crippen LogP contribution in [0.25, 0.3) is 11.2 Å². The molecule has 0 saturated carbocycles. The number of imidazole rings is 1. The van der Waals surface area contributed by atoms with Gasteiger partial charge in [0, 0.05) is 0 Å². The number of anilines is 1. The van der Waals surface area contributed by atoms with Gasteiger partial charge in [-0.2, -0.15) is 0 Å². The van der Waals surface area contributed by atoms with Crippen molar-refractivity contribution in [3.05, 3.63) is 6.33 Å². The van der Waals surface area contributed by atoms with Crippen LogP contribution >= 0.6 is 27.4 Å². The zero-order chi connectivity index (χ0) is 21.6. The molecule has 0 aliphatic carbocycles. The molecule has 0 amide bonds. The first-order chi connectivity index (χ1) is 13.4. The molecule has 1 aliphatic rings. The molecule has 1 aliphatic heterocycles. The van der Waals surface area contributed by atoms with Crippen molar-refractivity contribution in [1.82, 2.24) is 19.5 Å². The predicted molar refractivity (Wildman–Crippen MR) is 89.7 cm³/mol. The number of aromatic nitrogens is 4. The second-order valence-corrected chi connectivity index (χ2v) is 9.21. The average molecular weight is 539 g/mol. The van der Waals surface area contributed by atoms with Crippen molar-refractivity contribution in [2.45, 2.75) is 29.7 Å². The van der Waals surface area contributed by atoms with E-state index in [0.29, 0.717) is 5.16 Å². The average Bonchev–Trinajstić information content (AvgIpc) is 3.13. The molecule has 0 bridgehead atoms. The molecular formula is C11H14N5Na3O10P2S. The van der Waals surface area contributed by atoms with E-state index in [9.17, 15) is 34.0 Å². The van der Waals surface area contributed by atoms with Crippen molar-refractivity contribution in [2.75, 3.05) is 18.6 Å². The first-order valence-electron chi connectivity index (χ1n) is 7.66. The summed E-state index contributed by atoms with van der Waals surface area (Å²) in [5.41, 5.74) is 6.22. The van der Waals surface area contributed by atoms with Crippen LogP contribution in [-0.2, 0) is 22.7 Å². The molecule has 32 heavy (non-hydrogen) atoms. The third kappa shape index (κ3) is 8.18. The molecule has 162 valence electrons. The van der Waals surface area contributed by atoms with E-state index in [-0.39, 0.29) is 106 Å². The summed E-state index contributed by atoms with van der Waals surface area (Å²) in [7, 11) is -11.4. The molecule has 1 unspecified atom stereocenters. The van der Waals surface area contributed by atoms with Crippen LogP contribution in [0.5, 0.6) is 0 Å². The standard InChI is InChI=1S/C11H17N5O10P2S.3Na/c1-29-11-14-8(12)5-9(15-11)16(3-13-5)10-7(18)6(17)4(25-10)2-24-28(22,23)26-27(19,20)21;;;/h3-4,6-7,10,17-18H,2H2,1H3,(H,22,23)(H2,12,14,15)(H2,19,20,21);;;/q;3*+1/p-3/t4-,6+,7-,10-;;;/m1.../s1. The molecule has 4 N–H and O–H groups in total. The van der Waals surface area contributed by atoms with E-state index in [1.165, 1.54) is 22.7 Å². The number of phosphoric ester groups is 1. The van der Waals surface area contributed by atoms with Gasteiger partial charge in [0.15, 0.2) is 22.8 Å². The van der Waals surface area contributed by atoms with Gasteiger partial charge in [-0.3, -0.25) is 13.4 Å². The normalized spacial score (nSPS) is 24.8. The number of nitrogens with two attached hydrogens (primary N) is 1. The van der Waals surface area contributed by atoms with Crippen molar-refractivity contribution in [3.63, 3.8) is 0 Å². The van der Waals surface area contributed by atoms with E-state index in [1.54, 1.807) is 6.26 Å². The summed E-state index contributed by atoms with van der Waals surface area (Å²) in [5, 5.41) is 20.7. The number of phosphoric acid groups is 2. The van der Waals surface area contributed by atoms with Crippen molar-refractivity contribution in [1.29, 1.82) is 0 Å². The van der Waals surface area contributed by atoms with Gasteiger partial charge < -0.3 is 44.5 Å². The number of ether oxygens (including phenoxy) is 1. The second-order valence-electron chi connectivity index (χ2n) is 5.74. The molecule has 0 spiro atoms. The third-order valence-corrected chi connectivity index (χ3v) is 6.43. The quantitative estimate of drug-likeness (QED) is 0.128. The Morgan fingerprint density at radius 2 is 1.84 bits per heavy atom. The number of hydrogen-bond acceptors (Lipinski definition) is 15. The Bertz CT molecular complexity index is 1010. The summed E-state index contributed by atoms with van der Waals surface area (Å²) in [4.78, 5) is 44.5. The van der Waals surface area contributed by atoms with Gasteiger partial charge in [0.25, 0.3) is 7.82 Å². The number of hydrogen-bond donors (Lipinski definition) is 3. The van der Waals surface area contributed by atoms with Crippen LogP contribution in [0.15, 0.2) is 11.5 Å². The number of aliphatic hydroxyl groups is 2. The molecule has 0 aromatic carbocycles. The molecule has 5 atom stereocenters. The van der Waals surface area contributed by atoms with E-state index in [0.717, 1.165) is 0 Å². The van der Waals surface area contributed by atoms with E-state index in [1.807, 2.05) is 0 Å². The predicted octanol–water partition coefficient (Wildman–Crippen LogP) is -11.9. The Labute approximate surface area is 251 Å². The minimum atomic E-state index is -5.86. The molecule has 21 heteroatoms. The molecule has 2 aromatic heterocycles. The first kappa shape index (κ1) is 33.8.